The van der Waals surface area contributed by atoms with Crippen LogP contribution in [0.5, 0.6) is 5.88 Å². The second kappa shape index (κ2) is 7.91. The highest BCUT2D eigenvalue weighted by atomic mass is 19.4. The standard InChI is InChI=1S/C18H17F4N3O2/c19-14-3-1-2-12(8-14)15-10-23-6-7-25(15)17(26)13-4-5-16(24-9-13)27-11-18(20,21)22/h1-5,8-9,15,23H,6-7,10-11H2. The van der Waals surface area contributed by atoms with Gasteiger partial charge in [-0.3, -0.25) is 4.79 Å². The summed E-state index contributed by atoms with van der Waals surface area (Å²) in [5.41, 5.74) is 0.881. The third-order valence-electron chi connectivity index (χ3n) is 4.10. The van der Waals surface area contributed by atoms with Gasteiger partial charge in [-0.05, 0) is 23.8 Å². The average molecular weight is 383 g/mol. The Morgan fingerprint density at radius 3 is 2.78 bits per heavy atom. The average Bonchev–Trinajstić information content (AvgIpc) is 2.66. The van der Waals surface area contributed by atoms with E-state index in [-0.39, 0.29) is 23.4 Å². The van der Waals surface area contributed by atoms with Crippen LogP contribution in [0.15, 0.2) is 42.6 Å². The maximum atomic E-state index is 13.5. The van der Waals surface area contributed by atoms with E-state index in [1.54, 1.807) is 17.0 Å². The molecule has 3 rings (SSSR count). The van der Waals surface area contributed by atoms with Crippen LogP contribution in [0, 0.1) is 5.82 Å². The molecule has 0 radical (unpaired) electrons. The number of nitrogens with one attached hydrogen (secondary N) is 1. The molecular weight excluding hydrogens is 366 g/mol. The van der Waals surface area contributed by atoms with Gasteiger partial charge in [0.25, 0.3) is 5.91 Å². The van der Waals surface area contributed by atoms with Crippen LogP contribution in [0.2, 0.25) is 0 Å². The van der Waals surface area contributed by atoms with Gasteiger partial charge >= 0.3 is 6.18 Å². The number of rotatable bonds is 4. The van der Waals surface area contributed by atoms with Gasteiger partial charge in [-0.2, -0.15) is 13.2 Å². The number of pyridine rings is 1. The molecule has 0 saturated carbocycles. The molecule has 0 bridgehead atoms. The molecule has 2 aromatic rings. The lowest BCUT2D eigenvalue weighted by atomic mass is 10.0. The van der Waals surface area contributed by atoms with Gasteiger partial charge in [0.1, 0.15) is 5.82 Å². The first-order valence-corrected chi connectivity index (χ1v) is 8.26. The van der Waals surface area contributed by atoms with Crippen molar-refractivity contribution < 1.29 is 27.1 Å². The maximum absolute atomic E-state index is 13.5. The van der Waals surface area contributed by atoms with E-state index in [9.17, 15) is 22.4 Å². The monoisotopic (exact) mass is 383 g/mol. The fourth-order valence-corrected chi connectivity index (χ4v) is 2.87. The fourth-order valence-electron chi connectivity index (χ4n) is 2.87. The highest BCUT2D eigenvalue weighted by Gasteiger charge is 2.30. The molecule has 5 nitrogen and oxygen atoms in total. The molecule has 1 atom stereocenters. The van der Waals surface area contributed by atoms with Crippen LogP contribution >= 0.6 is 0 Å². The number of piperazine rings is 1. The molecule has 1 fully saturated rings. The largest absolute Gasteiger partial charge is 0.468 e. The summed E-state index contributed by atoms with van der Waals surface area (Å²) < 4.78 is 54.6. The maximum Gasteiger partial charge on any atom is 0.422 e. The first-order valence-electron chi connectivity index (χ1n) is 8.26. The fraction of sp³-hybridized carbons (Fsp3) is 0.333. The Hall–Kier alpha value is -2.68. The van der Waals surface area contributed by atoms with Gasteiger partial charge in [-0.15, -0.1) is 0 Å². The predicted molar refractivity (Wildman–Crippen MR) is 88.8 cm³/mol. The van der Waals surface area contributed by atoms with Crippen LogP contribution in [0.1, 0.15) is 22.0 Å². The summed E-state index contributed by atoms with van der Waals surface area (Å²) in [6, 6.07) is 8.26. The number of amides is 1. The lowest BCUT2D eigenvalue weighted by Crippen LogP contribution is -2.48. The molecular formula is C18H17F4N3O2. The number of aromatic nitrogens is 1. The number of carbonyl (C=O) groups is 1. The summed E-state index contributed by atoms with van der Waals surface area (Å²) in [6.07, 6.45) is -3.28. The number of ether oxygens (including phenoxy) is 1. The number of halogens is 4. The Kier molecular flexibility index (Phi) is 5.59. The summed E-state index contributed by atoms with van der Waals surface area (Å²) in [4.78, 5) is 18.2. The van der Waals surface area contributed by atoms with Crippen LogP contribution in [0.4, 0.5) is 17.6 Å². The summed E-state index contributed by atoms with van der Waals surface area (Å²) in [5.74, 6) is -0.940. The van der Waals surface area contributed by atoms with Crippen molar-refractivity contribution in [2.75, 3.05) is 26.2 Å². The topological polar surface area (TPSA) is 54.5 Å². The lowest BCUT2D eigenvalue weighted by Gasteiger charge is -2.36. The van der Waals surface area contributed by atoms with Crippen LogP contribution in [0.3, 0.4) is 0 Å². The minimum absolute atomic E-state index is 0.217. The number of benzene rings is 1. The van der Waals surface area contributed by atoms with Crippen LogP contribution < -0.4 is 10.1 Å². The molecule has 2 heterocycles. The molecule has 0 aliphatic carbocycles. The molecule has 1 N–H and O–H groups in total. The van der Waals surface area contributed by atoms with Crippen molar-refractivity contribution in [3.05, 3.63) is 59.5 Å². The quantitative estimate of drug-likeness (QED) is 0.825. The zero-order valence-electron chi connectivity index (χ0n) is 14.2. The summed E-state index contributed by atoms with van der Waals surface area (Å²) in [5, 5.41) is 3.17. The molecule has 1 amide bonds. The Morgan fingerprint density at radius 2 is 2.11 bits per heavy atom. The molecule has 1 unspecified atom stereocenters. The smallest absolute Gasteiger partial charge is 0.422 e. The van der Waals surface area contributed by atoms with E-state index in [4.69, 9.17) is 0 Å². The molecule has 1 aliphatic heterocycles. The van der Waals surface area contributed by atoms with Crippen molar-refractivity contribution in [3.63, 3.8) is 0 Å². The minimum Gasteiger partial charge on any atom is -0.468 e. The van der Waals surface area contributed by atoms with Gasteiger partial charge in [-0.25, -0.2) is 9.37 Å². The first-order chi connectivity index (χ1) is 12.8. The SMILES string of the molecule is O=C(c1ccc(OCC(F)(F)F)nc1)N1CCNCC1c1cccc(F)c1. The normalized spacial score (nSPS) is 17.6. The molecule has 1 saturated heterocycles. The van der Waals surface area contributed by atoms with Crippen LogP contribution in [-0.2, 0) is 0 Å². The summed E-state index contributed by atoms with van der Waals surface area (Å²) in [7, 11) is 0. The number of nitrogens with zero attached hydrogens (tertiary/aromatic N) is 2. The number of hydrogen-bond acceptors (Lipinski definition) is 4. The van der Waals surface area contributed by atoms with Gasteiger partial charge in [0.05, 0.1) is 11.6 Å². The first kappa shape index (κ1) is 19.1. The summed E-state index contributed by atoms with van der Waals surface area (Å²) >= 11 is 0. The lowest BCUT2D eigenvalue weighted by molar-refractivity contribution is -0.154. The Balaban J connectivity index is 1.75. The third-order valence-corrected chi connectivity index (χ3v) is 4.10. The Bertz CT molecular complexity index is 796. The predicted octanol–water partition coefficient (Wildman–Crippen LogP) is 2.95. The molecule has 144 valence electrons. The molecule has 9 heteroatoms. The van der Waals surface area contributed by atoms with Crippen LogP contribution in [-0.4, -0.2) is 48.2 Å². The van der Waals surface area contributed by atoms with Crippen molar-refractivity contribution in [3.8, 4) is 5.88 Å². The number of alkyl halides is 3. The Labute approximate surface area is 153 Å². The second-order valence-corrected chi connectivity index (χ2v) is 6.06. The number of hydrogen-bond donors (Lipinski definition) is 1. The molecule has 1 aliphatic rings. The van der Waals surface area contributed by atoms with E-state index in [1.807, 2.05) is 0 Å². The van der Waals surface area contributed by atoms with Crippen molar-refractivity contribution in [2.24, 2.45) is 0 Å². The second-order valence-electron chi connectivity index (χ2n) is 6.06. The van der Waals surface area contributed by atoms with Gasteiger partial charge in [0, 0.05) is 31.9 Å². The van der Waals surface area contributed by atoms with Crippen molar-refractivity contribution in [1.82, 2.24) is 15.2 Å². The molecule has 1 aromatic heterocycles. The third kappa shape index (κ3) is 4.94. The molecule has 27 heavy (non-hydrogen) atoms. The van der Waals surface area contributed by atoms with E-state index in [2.05, 4.69) is 15.0 Å². The zero-order chi connectivity index (χ0) is 19.4. The highest BCUT2D eigenvalue weighted by Crippen LogP contribution is 2.25. The van der Waals surface area contributed by atoms with Gasteiger partial charge in [-0.1, -0.05) is 12.1 Å². The molecule has 0 spiro atoms. The Morgan fingerprint density at radius 1 is 1.30 bits per heavy atom. The van der Waals surface area contributed by atoms with E-state index < -0.39 is 18.6 Å². The van der Waals surface area contributed by atoms with E-state index >= 15 is 0 Å². The number of carbonyl (C=O) groups excluding carboxylic acids is 1. The van der Waals surface area contributed by atoms with Gasteiger partial charge < -0.3 is 15.0 Å². The van der Waals surface area contributed by atoms with E-state index in [0.717, 1.165) is 0 Å². The molecule has 1 aromatic carbocycles. The van der Waals surface area contributed by atoms with E-state index in [0.29, 0.717) is 25.2 Å². The van der Waals surface area contributed by atoms with Crippen molar-refractivity contribution in [1.29, 1.82) is 0 Å². The van der Waals surface area contributed by atoms with Gasteiger partial charge in [0.15, 0.2) is 6.61 Å². The van der Waals surface area contributed by atoms with Crippen LogP contribution in [0.25, 0.3) is 0 Å². The van der Waals surface area contributed by atoms with Gasteiger partial charge in [0.2, 0.25) is 5.88 Å². The van der Waals surface area contributed by atoms with Crippen molar-refractivity contribution in [2.45, 2.75) is 12.2 Å². The minimum atomic E-state index is -4.46. The highest BCUT2D eigenvalue weighted by molar-refractivity contribution is 5.94. The van der Waals surface area contributed by atoms with E-state index in [1.165, 1.54) is 30.5 Å². The van der Waals surface area contributed by atoms with Crippen molar-refractivity contribution >= 4 is 5.91 Å². The zero-order valence-corrected chi connectivity index (χ0v) is 14.2. The summed E-state index contributed by atoms with van der Waals surface area (Å²) in [6.45, 7) is 0.00618.